The van der Waals surface area contributed by atoms with Crippen LogP contribution in [0.3, 0.4) is 0 Å². The first-order valence-electron chi connectivity index (χ1n) is 8.08. The minimum atomic E-state index is -4.53. The number of methoxy groups -OCH3 is 1. The zero-order chi connectivity index (χ0) is 18.6. The van der Waals surface area contributed by atoms with E-state index in [1.807, 2.05) is 24.3 Å². The number of nitrogens with zero attached hydrogens (tertiary/aromatic N) is 3. The van der Waals surface area contributed by atoms with E-state index >= 15 is 0 Å². The van der Waals surface area contributed by atoms with E-state index in [-0.39, 0.29) is 11.2 Å². The second-order valence-corrected chi connectivity index (χ2v) is 6.49. The van der Waals surface area contributed by atoms with Gasteiger partial charge in [-0.25, -0.2) is 0 Å². The minimum Gasteiger partial charge on any atom is -0.497 e. The lowest BCUT2D eigenvalue weighted by Crippen LogP contribution is -2.41. The fraction of sp³-hybridized carbons (Fsp3) is 0.500. The number of benzene rings is 1. The van der Waals surface area contributed by atoms with Crippen molar-refractivity contribution >= 4 is 16.7 Å². The summed E-state index contributed by atoms with van der Waals surface area (Å²) in [5.74, 6) is -0.362. The topological polar surface area (TPSA) is 59.5 Å². The molecule has 6 nitrogen and oxygen atoms in total. The molecular weight excluding hydrogens is 369 g/mol. The summed E-state index contributed by atoms with van der Waals surface area (Å²) >= 11 is 0.711. The molecule has 1 aromatic carbocycles. The second kappa shape index (κ2) is 8.19. The van der Waals surface area contributed by atoms with Crippen LogP contribution in [-0.4, -0.2) is 54.2 Å². The van der Waals surface area contributed by atoms with Crippen molar-refractivity contribution < 1.29 is 22.6 Å². The van der Waals surface area contributed by atoms with Crippen molar-refractivity contribution in [1.29, 1.82) is 0 Å². The van der Waals surface area contributed by atoms with Crippen molar-refractivity contribution in [2.45, 2.75) is 12.2 Å². The van der Waals surface area contributed by atoms with E-state index in [0.29, 0.717) is 31.3 Å². The normalized spacial score (nSPS) is 17.1. The molecule has 0 spiro atoms. The molecule has 1 saturated heterocycles. The Hall–Kier alpha value is -1.91. The van der Waals surface area contributed by atoms with Crippen molar-refractivity contribution in [3.05, 3.63) is 35.7 Å². The van der Waals surface area contributed by atoms with Gasteiger partial charge in [-0.15, -0.1) is 0 Å². The van der Waals surface area contributed by atoms with Gasteiger partial charge in [-0.3, -0.25) is 4.90 Å². The summed E-state index contributed by atoms with van der Waals surface area (Å²) in [5, 5.41) is 3.15. The van der Waals surface area contributed by atoms with Crippen molar-refractivity contribution in [2.24, 2.45) is 0 Å². The largest absolute Gasteiger partial charge is 0.497 e. The Labute approximate surface area is 153 Å². The lowest BCUT2D eigenvalue weighted by Gasteiger charge is -2.34. The summed E-state index contributed by atoms with van der Waals surface area (Å²) in [7, 11) is 1.60. The number of anilines is 1. The zero-order valence-corrected chi connectivity index (χ0v) is 14.9. The maximum absolute atomic E-state index is 12.6. The summed E-state index contributed by atoms with van der Waals surface area (Å²) in [4.78, 5) is 5.77. The standard InChI is InChI=1S/C16H19F3N4O2S/c1-24-12-4-2-11(3-5-12)13(23-6-8-25-9-7-23)10-20-15-21-14(22-26-15)16(17,18)19/h2-5,13H,6-10H2,1H3,(H,20,21,22)/t13-/m0/s1. The third-order valence-corrected chi connectivity index (χ3v) is 4.79. The third kappa shape index (κ3) is 4.63. The highest BCUT2D eigenvalue weighted by atomic mass is 32.1. The first kappa shape index (κ1) is 18.9. The van der Waals surface area contributed by atoms with Crippen LogP contribution >= 0.6 is 11.5 Å². The first-order valence-corrected chi connectivity index (χ1v) is 8.85. The van der Waals surface area contributed by atoms with Crippen LogP contribution in [0.5, 0.6) is 5.75 Å². The molecule has 3 rings (SSSR count). The third-order valence-electron chi connectivity index (χ3n) is 4.11. The predicted octanol–water partition coefficient (Wildman–Crippen LogP) is 3.05. The molecule has 0 bridgehead atoms. The van der Waals surface area contributed by atoms with E-state index in [0.717, 1.165) is 24.4 Å². The van der Waals surface area contributed by atoms with Gasteiger partial charge in [0, 0.05) is 31.2 Å². The van der Waals surface area contributed by atoms with Crippen LogP contribution in [0.4, 0.5) is 18.3 Å². The average molecular weight is 388 g/mol. The quantitative estimate of drug-likeness (QED) is 0.821. The van der Waals surface area contributed by atoms with Gasteiger partial charge in [0.25, 0.3) is 0 Å². The molecule has 1 atom stereocenters. The van der Waals surface area contributed by atoms with E-state index in [9.17, 15) is 13.2 Å². The number of hydrogen-bond acceptors (Lipinski definition) is 7. The van der Waals surface area contributed by atoms with Gasteiger partial charge in [0.1, 0.15) is 5.75 Å². The Balaban J connectivity index is 1.73. The van der Waals surface area contributed by atoms with E-state index in [2.05, 4.69) is 19.6 Å². The Morgan fingerprint density at radius 3 is 2.54 bits per heavy atom. The van der Waals surface area contributed by atoms with Crippen LogP contribution in [0.15, 0.2) is 24.3 Å². The molecular formula is C16H19F3N4O2S. The first-order chi connectivity index (χ1) is 12.5. The molecule has 142 valence electrons. The van der Waals surface area contributed by atoms with Gasteiger partial charge < -0.3 is 14.8 Å². The van der Waals surface area contributed by atoms with Gasteiger partial charge in [0.05, 0.1) is 26.4 Å². The van der Waals surface area contributed by atoms with Crippen LogP contribution in [0.2, 0.25) is 0 Å². The lowest BCUT2D eigenvalue weighted by molar-refractivity contribution is -0.144. The molecule has 0 amide bonds. The Morgan fingerprint density at radius 1 is 1.27 bits per heavy atom. The highest BCUT2D eigenvalue weighted by Gasteiger charge is 2.36. The molecule has 2 heterocycles. The molecule has 1 fully saturated rings. The molecule has 0 aliphatic carbocycles. The fourth-order valence-corrected chi connectivity index (χ4v) is 3.36. The van der Waals surface area contributed by atoms with Crippen LogP contribution < -0.4 is 10.1 Å². The average Bonchev–Trinajstić information content (AvgIpc) is 3.13. The van der Waals surface area contributed by atoms with Crippen molar-refractivity contribution in [1.82, 2.24) is 14.3 Å². The molecule has 2 aromatic rings. The molecule has 26 heavy (non-hydrogen) atoms. The molecule has 0 unspecified atom stereocenters. The minimum absolute atomic E-state index is 0.0250. The summed E-state index contributed by atoms with van der Waals surface area (Å²) in [6, 6.07) is 7.64. The number of morpholine rings is 1. The van der Waals surface area contributed by atoms with Gasteiger partial charge in [-0.05, 0) is 17.7 Å². The van der Waals surface area contributed by atoms with Crippen LogP contribution in [0.1, 0.15) is 17.4 Å². The van der Waals surface area contributed by atoms with Gasteiger partial charge >= 0.3 is 6.18 Å². The Kier molecular flexibility index (Phi) is 5.94. The molecule has 1 aromatic heterocycles. The number of alkyl halides is 3. The smallest absolute Gasteiger partial charge is 0.452 e. The number of aromatic nitrogens is 2. The SMILES string of the molecule is COc1ccc([C@H](CNc2nc(C(F)(F)F)ns2)N2CCOCC2)cc1. The second-order valence-electron chi connectivity index (χ2n) is 5.74. The van der Waals surface area contributed by atoms with E-state index in [4.69, 9.17) is 9.47 Å². The van der Waals surface area contributed by atoms with Gasteiger partial charge in [-0.1, -0.05) is 12.1 Å². The van der Waals surface area contributed by atoms with E-state index < -0.39 is 12.0 Å². The number of rotatable bonds is 6. The maximum atomic E-state index is 12.6. The van der Waals surface area contributed by atoms with Crippen LogP contribution in [0, 0.1) is 0 Å². The van der Waals surface area contributed by atoms with Gasteiger partial charge in [0.2, 0.25) is 11.0 Å². The highest BCUT2D eigenvalue weighted by Crippen LogP contribution is 2.30. The number of halogens is 3. The molecule has 1 aliphatic rings. The van der Waals surface area contributed by atoms with Crippen molar-refractivity contribution in [2.75, 3.05) is 45.3 Å². The van der Waals surface area contributed by atoms with Crippen LogP contribution in [0.25, 0.3) is 0 Å². The molecule has 1 N–H and O–H groups in total. The van der Waals surface area contributed by atoms with Gasteiger partial charge in [0.15, 0.2) is 0 Å². The maximum Gasteiger partial charge on any atom is 0.452 e. The summed E-state index contributed by atoms with van der Waals surface area (Å²) in [6.07, 6.45) is -4.53. The molecule has 0 radical (unpaired) electrons. The molecule has 1 aliphatic heterocycles. The Bertz CT molecular complexity index is 702. The lowest BCUT2D eigenvalue weighted by atomic mass is 10.0. The van der Waals surface area contributed by atoms with Crippen molar-refractivity contribution in [3.8, 4) is 5.75 Å². The number of ether oxygens (including phenoxy) is 2. The number of hydrogen-bond donors (Lipinski definition) is 1. The summed E-state index contributed by atoms with van der Waals surface area (Å²) < 4.78 is 51.9. The molecule has 10 heteroatoms. The van der Waals surface area contributed by atoms with Gasteiger partial charge in [-0.2, -0.15) is 22.5 Å². The zero-order valence-electron chi connectivity index (χ0n) is 14.1. The number of nitrogens with one attached hydrogen (secondary N) is 1. The fourth-order valence-electron chi connectivity index (χ4n) is 2.77. The predicted molar refractivity (Wildman–Crippen MR) is 91.5 cm³/mol. The highest BCUT2D eigenvalue weighted by molar-refractivity contribution is 7.09. The van der Waals surface area contributed by atoms with Crippen LogP contribution in [-0.2, 0) is 10.9 Å². The van der Waals surface area contributed by atoms with E-state index in [1.165, 1.54) is 0 Å². The monoisotopic (exact) mass is 388 g/mol. The van der Waals surface area contributed by atoms with E-state index in [1.54, 1.807) is 7.11 Å². The molecule has 0 saturated carbocycles. The Morgan fingerprint density at radius 2 is 1.96 bits per heavy atom. The van der Waals surface area contributed by atoms with Crippen molar-refractivity contribution in [3.63, 3.8) is 0 Å². The summed E-state index contributed by atoms with van der Waals surface area (Å²) in [5.41, 5.74) is 1.04. The summed E-state index contributed by atoms with van der Waals surface area (Å²) in [6.45, 7) is 3.18.